The van der Waals surface area contributed by atoms with Gasteiger partial charge in [0.15, 0.2) is 0 Å². The van der Waals surface area contributed by atoms with Crippen LogP contribution in [-0.4, -0.2) is 54.5 Å². The first kappa shape index (κ1) is 9.91. The lowest BCUT2D eigenvalue weighted by Crippen LogP contribution is -2.37. The van der Waals surface area contributed by atoms with Crippen molar-refractivity contribution < 1.29 is 18.6 Å². The zero-order valence-corrected chi connectivity index (χ0v) is 7.66. The van der Waals surface area contributed by atoms with E-state index in [9.17, 15) is 8.42 Å². The van der Waals surface area contributed by atoms with Crippen molar-refractivity contribution in [1.82, 2.24) is 4.31 Å². The van der Waals surface area contributed by atoms with Crippen LogP contribution in [0.5, 0.6) is 0 Å². The molecule has 5 nitrogen and oxygen atoms in total. The van der Waals surface area contributed by atoms with Gasteiger partial charge in [-0.3, -0.25) is 0 Å². The molecule has 1 rings (SSSR count). The second kappa shape index (κ2) is 3.29. The van der Waals surface area contributed by atoms with Crippen LogP contribution in [0, 0.1) is 0 Å². The summed E-state index contributed by atoms with van der Waals surface area (Å²) in [5.74, 6) is 0. The second-order valence-corrected chi connectivity index (χ2v) is 4.99. The number of β-amino-alcohol motifs (C(OH)–C–C–N with tert-alkyl or cyclic N) is 1. The predicted octanol–water partition coefficient (Wildman–Crippen LogP) is -1.63. The molecule has 12 heavy (non-hydrogen) atoms. The Bertz CT molecular complexity index is 250. The molecule has 0 spiro atoms. The van der Waals surface area contributed by atoms with Gasteiger partial charge < -0.3 is 10.2 Å². The monoisotopic (exact) mass is 195 g/mol. The summed E-state index contributed by atoms with van der Waals surface area (Å²) in [7, 11) is -3.28. The van der Waals surface area contributed by atoms with Crippen molar-refractivity contribution in [2.75, 3.05) is 19.4 Å². The summed E-state index contributed by atoms with van der Waals surface area (Å²) < 4.78 is 23.2. The summed E-state index contributed by atoms with van der Waals surface area (Å²) in [4.78, 5) is 0. The zero-order valence-electron chi connectivity index (χ0n) is 6.84. The van der Waals surface area contributed by atoms with E-state index in [4.69, 9.17) is 10.2 Å². The SMILES string of the molecule is CS(=O)(=O)N1C[C@H](O)C[C@H]1CO. The Labute approximate surface area is 71.7 Å². The van der Waals surface area contributed by atoms with E-state index in [0.717, 1.165) is 10.6 Å². The number of rotatable bonds is 2. The van der Waals surface area contributed by atoms with Crippen LogP contribution >= 0.6 is 0 Å². The van der Waals surface area contributed by atoms with E-state index < -0.39 is 22.2 Å². The van der Waals surface area contributed by atoms with E-state index in [1.165, 1.54) is 0 Å². The summed E-state index contributed by atoms with van der Waals surface area (Å²) in [5.41, 5.74) is 0. The Morgan fingerprint density at radius 2 is 2.17 bits per heavy atom. The van der Waals surface area contributed by atoms with Crippen molar-refractivity contribution in [2.24, 2.45) is 0 Å². The van der Waals surface area contributed by atoms with Crippen LogP contribution in [0.4, 0.5) is 0 Å². The van der Waals surface area contributed by atoms with Crippen LogP contribution in [0.2, 0.25) is 0 Å². The molecule has 0 aromatic carbocycles. The molecule has 1 fully saturated rings. The van der Waals surface area contributed by atoms with Gasteiger partial charge in [0, 0.05) is 6.54 Å². The van der Waals surface area contributed by atoms with Gasteiger partial charge in [-0.1, -0.05) is 0 Å². The molecule has 1 saturated heterocycles. The molecule has 1 aliphatic rings. The lowest BCUT2D eigenvalue weighted by molar-refractivity contribution is 0.184. The fraction of sp³-hybridized carbons (Fsp3) is 1.00. The highest BCUT2D eigenvalue weighted by atomic mass is 32.2. The van der Waals surface area contributed by atoms with Crippen molar-refractivity contribution in [3.8, 4) is 0 Å². The first-order chi connectivity index (χ1) is 5.45. The third-order valence-electron chi connectivity index (χ3n) is 1.98. The van der Waals surface area contributed by atoms with Gasteiger partial charge in [0.2, 0.25) is 10.0 Å². The van der Waals surface area contributed by atoms with Crippen molar-refractivity contribution >= 4 is 10.0 Å². The zero-order chi connectivity index (χ0) is 9.35. The molecule has 0 radical (unpaired) electrons. The average molecular weight is 195 g/mol. The summed E-state index contributed by atoms with van der Waals surface area (Å²) in [6.45, 7) is -0.131. The van der Waals surface area contributed by atoms with Crippen LogP contribution in [0.3, 0.4) is 0 Å². The third-order valence-corrected chi connectivity index (χ3v) is 3.28. The normalized spacial score (nSPS) is 32.6. The van der Waals surface area contributed by atoms with Crippen LogP contribution in [0.15, 0.2) is 0 Å². The van der Waals surface area contributed by atoms with E-state index in [2.05, 4.69) is 0 Å². The average Bonchev–Trinajstić information content (AvgIpc) is 2.29. The molecule has 2 atom stereocenters. The minimum atomic E-state index is -3.28. The molecule has 0 amide bonds. The van der Waals surface area contributed by atoms with Gasteiger partial charge in [-0.15, -0.1) is 0 Å². The second-order valence-electron chi connectivity index (χ2n) is 3.06. The maximum absolute atomic E-state index is 11.1. The predicted molar refractivity (Wildman–Crippen MR) is 43.0 cm³/mol. The quantitative estimate of drug-likeness (QED) is 0.555. The minimum absolute atomic E-state index is 0.101. The standard InChI is InChI=1S/C6H13NO4S/c1-12(10,11)7-3-6(9)2-5(7)4-8/h5-6,8-9H,2-4H2,1H3/t5-,6+/m0/s1. The van der Waals surface area contributed by atoms with Gasteiger partial charge in [-0.05, 0) is 6.42 Å². The molecule has 6 heteroatoms. The molecular formula is C6H13NO4S. The van der Waals surface area contributed by atoms with Crippen LogP contribution in [-0.2, 0) is 10.0 Å². The molecule has 0 saturated carbocycles. The number of hydrogen-bond acceptors (Lipinski definition) is 4. The van der Waals surface area contributed by atoms with Crippen molar-refractivity contribution in [2.45, 2.75) is 18.6 Å². The highest BCUT2D eigenvalue weighted by Gasteiger charge is 2.35. The minimum Gasteiger partial charge on any atom is -0.395 e. The highest BCUT2D eigenvalue weighted by Crippen LogP contribution is 2.19. The topological polar surface area (TPSA) is 77.8 Å². The number of aliphatic hydroxyl groups excluding tert-OH is 2. The Morgan fingerprint density at radius 3 is 2.50 bits per heavy atom. The van der Waals surface area contributed by atoms with Gasteiger partial charge in [0.05, 0.1) is 25.0 Å². The van der Waals surface area contributed by atoms with Gasteiger partial charge in [0.25, 0.3) is 0 Å². The lowest BCUT2D eigenvalue weighted by Gasteiger charge is -2.18. The smallest absolute Gasteiger partial charge is 0.211 e. The molecule has 1 heterocycles. The first-order valence-corrected chi connectivity index (χ1v) is 5.55. The summed E-state index contributed by atoms with van der Waals surface area (Å²) in [6, 6.07) is -0.449. The number of hydrogen-bond donors (Lipinski definition) is 2. The summed E-state index contributed by atoms with van der Waals surface area (Å²) in [5, 5.41) is 17.9. The fourth-order valence-corrected chi connectivity index (χ4v) is 2.57. The van der Waals surface area contributed by atoms with Gasteiger partial charge >= 0.3 is 0 Å². The molecule has 0 unspecified atom stereocenters. The van der Waals surface area contributed by atoms with Crippen molar-refractivity contribution in [3.63, 3.8) is 0 Å². The van der Waals surface area contributed by atoms with Crippen LogP contribution in [0.1, 0.15) is 6.42 Å². The summed E-state index contributed by atoms with van der Waals surface area (Å²) >= 11 is 0. The molecule has 0 aliphatic carbocycles. The Hall–Kier alpha value is -0.170. The molecule has 0 bridgehead atoms. The lowest BCUT2D eigenvalue weighted by atomic mass is 10.2. The largest absolute Gasteiger partial charge is 0.395 e. The molecule has 72 valence electrons. The maximum atomic E-state index is 11.1. The third kappa shape index (κ3) is 1.95. The number of sulfonamides is 1. The number of nitrogens with zero attached hydrogens (tertiary/aromatic N) is 1. The summed E-state index contributed by atoms with van der Waals surface area (Å²) in [6.07, 6.45) is 0.758. The number of aliphatic hydroxyl groups is 2. The van der Waals surface area contributed by atoms with Gasteiger partial charge in [-0.2, -0.15) is 4.31 Å². The first-order valence-electron chi connectivity index (χ1n) is 3.71. The van der Waals surface area contributed by atoms with E-state index in [0.29, 0.717) is 6.42 Å². The van der Waals surface area contributed by atoms with Gasteiger partial charge in [-0.25, -0.2) is 8.42 Å². The van der Waals surface area contributed by atoms with Crippen LogP contribution < -0.4 is 0 Å². The molecule has 0 aromatic heterocycles. The maximum Gasteiger partial charge on any atom is 0.211 e. The Kier molecular flexibility index (Phi) is 2.72. The van der Waals surface area contributed by atoms with E-state index >= 15 is 0 Å². The highest BCUT2D eigenvalue weighted by molar-refractivity contribution is 7.88. The Morgan fingerprint density at radius 1 is 1.58 bits per heavy atom. The van der Waals surface area contributed by atoms with E-state index in [1.807, 2.05) is 0 Å². The van der Waals surface area contributed by atoms with E-state index in [-0.39, 0.29) is 13.2 Å². The Balaban J connectivity index is 2.78. The molecule has 0 aromatic rings. The van der Waals surface area contributed by atoms with Crippen LogP contribution in [0.25, 0.3) is 0 Å². The molecule has 2 N–H and O–H groups in total. The van der Waals surface area contributed by atoms with Crippen molar-refractivity contribution in [1.29, 1.82) is 0 Å². The van der Waals surface area contributed by atoms with E-state index in [1.54, 1.807) is 0 Å². The molecular weight excluding hydrogens is 182 g/mol. The van der Waals surface area contributed by atoms with Crippen molar-refractivity contribution in [3.05, 3.63) is 0 Å². The fourth-order valence-electron chi connectivity index (χ4n) is 1.43. The molecule has 1 aliphatic heterocycles. The van der Waals surface area contributed by atoms with Gasteiger partial charge in [0.1, 0.15) is 0 Å².